The highest BCUT2D eigenvalue weighted by molar-refractivity contribution is 9.10. The quantitative estimate of drug-likeness (QED) is 0.281. The molecule has 0 saturated carbocycles. The van der Waals surface area contributed by atoms with Crippen molar-refractivity contribution in [2.24, 2.45) is 0 Å². The second kappa shape index (κ2) is 12.6. The summed E-state index contributed by atoms with van der Waals surface area (Å²) in [5.41, 5.74) is 0.700. The van der Waals surface area contributed by atoms with Gasteiger partial charge in [0, 0.05) is 22.6 Å². The minimum Gasteiger partial charge on any atom is -0.483 e. The van der Waals surface area contributed by atoms with Gasteiger partial charge in [-0.1, -0.05) is 73.4 Å². The number of nitrogens with one attached hydrogen (secondary N) is 1. The number of rotatable bonds is 10. The van der Waals surface area contributed by atoms with Gasteiger partial charge in [-0.2, -0.15) is 0 Å². The number of halogens is 3. The lowest BCUT2D eigenvalue weighted by molar-refractivity contribution is -0.143. The molecule has 0 fully saturated rings. The van der Waals surface area contributed by atoms with E-state index in [1.807, 2.05) is 57.2 Å². The number of benzene rings is 3. The van der Waals surface area contributed by atoms with Gasteiger partial charge in [0.15, 0.2) is 6.61 Å². The van der Waals surface area contributed by atoms with Gasteiger partial charge in [0.1, 0.15) is 11.8 Å². The van der Waals surface area contributed by atoms with Gasteiger partial charge in [-0.05, 0) is 70.2 Å². The Bertz CT molecular complexity index is 1200. The SMILES string of the molecule is CC[C@H](C(=O)N[C@@H](C)CC)N(Cc1ccc(Cl)cc1Cl)C(=O)COc1ccc2ccccc2c1Br. The van der Waals surface area contributed by atoms with Gasteiger partial charge in [0.05, 0.1) is 4.47 Å². The molecule has 8 heteroatoms. The van der Waals surface area contributed by atoms with E-state index in [1.54, 1.807) is 18.2 Å². The van der Waals surface area contributed by atoms with Crippen LogP contribution in [0.15, 0.2) is 59.1 Å². The van der Waals surface area contributed by atoms with Crippen LogP contribution in [0.5, 0.6) is 5.75 Å². The van der Waals surface area contributed by atoms with Gasteiger partial charge in [-0.3, -0.25) is 9.59 Å². The van der Waals surface area contributed by atoms with Crippen molar-refractivity contribution in [3.8, 4) is 5.75 Å². The molecule has 2 atom stereocenters. The van der Waals surface area contributed by atoms with Gasteiger partial charge in [-0.15, -0.1) is 0 Å². The Morgan fingerprint density at radius 2 is 1.80 bits per heavy atom. The normalized spacial score (nSPS) is 12.7. The molecular formula is C27H29BrCl2N2O3. The number of ether oxygens (including phenoxy) is 1. The number of fused-ring (bicyclic) bond motifs is 1. The topological polar surface area (TPSA) is 58.6 Å². The molecule has 0 unspecified atom stereocenters. The molecule has 3 rings (SSSR count). The lowest BCUT2D eigenvalue weighted by Crippen LogP contribution is -2.51. The maximum absolute atomic E-state index is 13.5. The van der Waals surface area contributed by atoms with E-state index in [2.05, 4.69) is 21.2 Å². The zero-order valence-electron chi connectivity index (χ0n) is 20.0. The molecule has 0 heterocycles. The summed E-state index contributed by atoms with van der Waals surface area (Å²) in [4.78, 5) is 28.1. The molecule has 35 heavy (non-hydrogen) atoms. The highest BCUT2D eigenvalue weighted by Crippen LogP contribution is 2.33. The summed E-state index contributed by atoms with van der Waals surface area (Å²) >= 11 is 16.0. The molecule has 5 nitrogen and oxygen atoms in total. The van der Waals surface area contributed by atoms with Crippen LogP contribution in [0.2, 0.25) is 10.0 Å². The number of carbonyl (C=O) groups excluding carboxylic acids is 2. The van der Waals surface area contributed by atoms with Crippen molar-refractivity contribution < 1.29 is 14.3 Å². The van der Waals surface area contributed by atoms with Crippen LogP contribution in [0.3, 0.4) is 0 Å². The summed E-state index contributed by atoms with van der Waals surface area (Å²) in [7, 11) is 0. The Labute approximate surface area is 224 Å². The summed E-state index contributed by atoms with van der Waals surface area (Å²) in [6.07, 6.45) is 1.23. The minimum atomic E-state index is -0.674. The molecule has 186 valence electrons. The first-order chi connectivity index (χ1) is 16.7. The van der Waals surface area contributed by atoms with Crippen molar-refractivity contribution in [3.05, 3.63) is 74.7 Å². The third-order valence-electron chi connectivity index (χ3n) is 5.92. The number of hydrogen-bond acceptors (Lipinski definition) is 3. The predicted molar refractivity (Wildman–Crippen MR) is 146 cm³/mol. The molecule has 0 spiro atoms. The molecule has 0 aromatic heterocycles. The summed E-state index contributed by atoms with van der Waals surface area (Å²) in [5, 5.41) is 5.98. The molecule has 3 aromatic carbocycles. The first-order valence-corrected chi connectivity index (χ1v) is 13.1. The monoisotopic (exact) mass is 578 g/mol. The molecule has 0 bridgehead atoms. The number of hydrogen-bond donors (Lipinski definition) is 1. The van der Waals surface area contributed by atoms with Gasteiger partial charge in [0.25, 0.3) is 5.91 Å². The fourth-order valence-electron chi connectivity index (χ4n) is 3.74. The van der Waals surface area contributed by atoms with E-state index in [-0.39, 0.29) is 31.0 Å². The van der Waals surface area contributed by atoms with Crippen molar-refractivity contribution in [1.82, 2.24) is 10.2 Å². The largest absolute Gasteiger partial charge is 0.483 e. The van der Waals surface area contributed by atoms with Crippen LogP contribution in [-0.2, 0) is 16.1 Å². The van der Waals surface area contributed by atoms with Crippen molar-refractivity contribution in [2.75, 3.05) is 6.61 Å². The second-order valence-corrected chi connectivity index (χ2v) is 10.0. The molecule has 0 aliphatic rings. The second-order valence-electron chi connectivity index (χ2n) is 8.39. The van der Waals surface area contributed by atoms with Crippen LogP contribution >= 0.6 is 39.1 Å². The molecule has 3 aromatic rings. The first kappa shape index (κ1) is 27.3. The van der Waals surface area contributed by atoms with E-state index in [4.69, 9.17) is 27.9 Å². The lowest BCUT2D eigenvalue weighted by Gasteiger charge is -2.31. The Balaban J connectivity index is 1.86. The summed E-state index contributed by atoms with van der Waals surface area (Å²) in [6.45, 7) is 5.74. The number of nitrogens with zero attached hydrogens (tertiary/aromatic N) is 1. The van der Waals surface area contributed by atoms with Crippen LogP contribution in [0, 0.1) is 0 Å². The average Bonchev–Trinajstić information content (AvgIpc) is 2.84. The molecule has 0 aliphatic heterocycles. The van der Waals surface area contributed by atoms with Crippen molar-refractivity contribution in [2.45, 2.75) is 52.2 Å². The van der Waals surface area contributed by atoms with Crippen LogP contribution in [-0.4, -0.2) is 35.4 Å². The molecule has 0 radical (unpaired) electrons. The summed E-state index contributed by atoms with van der Waals surface area (Å²) < 4.78 is 6.70. The predicted octanol–water partition coefficient (Wildman–Crippen LogP) is 7.01. The summed E-state index contributed by atoms with van der Waals surface area (Å²) in [5.74, 6) is 0.0352. The Morgan fingerprint density at radius 1 is 1.06 bits per heavy atom. The van der Waals surface area contributed by atoms with Crippen molar-refractivity contribution in [1.29, 1.82) is 0 Å². The lowest BCUT2D eigenvalue weighted by atomic mass is 10.1. The van der Waals surface area contributed by atoms with Crippen LogP contribution < -0.4 is 10.1 Å². The molecule has 0 aliphatic carbocycles. The van der Waals surface area contributed by atoms with E-state index in [9.17, 15) is 9.59 Å². The standard InChI is InChI=1S/C27H29BrCl2N2O3/c1-4-17(3)31-27(34)23(5-2)32(15-19-10-12-20(29)14-22(19)30)25(33)16-35-24-13-11-18-8-6-7-9-21(18)26(24)28/h6-14,17,23H,4-5,15-16H2,1-3H3,(H,31,34)/t17-,23+/m0/s1. The summed E-state index contributed by atoms with van der Waals surface area (Å²) in [6, 6.07) is 16.1. The minimum absolute atomic E-state index is 0.00238. The maximum atomic E-state index is 13.5. The molecule has 2 amide bonds. The zero-order valence-corrected chi connectivity index (χ0v) is 23.1. The van der Waals surface area contributed by atoms with E-state index in [0.29, 0.717) is 27.8 Å². The van der Waals surface area contributed by atoms with E-state index in [0.717, 1.165) is 21.7 Å². The van der Waals surface area contributed by atoms with Crippen molar-refractivity contribution in [3.63, 3.8) is 0 Å². The highest BCUT2D eigenvalue weighted by Gasteiger charge is 2.30. The van der Waals surface area contributed by atoms with Gasteiger partial charge in [-0.25, -0.2) is 0 Å². The molecule has 0 saturated heterocycles. The zero-order chi connectivity index (χ0) is 25.5. The average molecular weight is 580 g/mol. The highest BCUT2D eigenvalue weighted by atomic mass is 79.9. The Kier molecular flexibility index (Phi) is 9.84. The van der Waals surface area contributed by atoms with Crippen molar-refractivity contribution >= 4 is 61.7 Å². The van der Waals surface area contributed by atoms with Gasteiger partial charge in [0.2, 0.25) is 5.91 Å². The number of carbonyl (C=O) groups is 2. The van der Waals surface area contributed by atoms with E-state index in [1.165, 1.54) is 4.90 Å². The van der Waals surface area contributed by atoms with Gasteiger partial charge < -0.3 is 15.0 Å². The van der Waals surface area contributed by atoms with Crippen LogP contribution in [0.25, 0.3) is 10.8 Å². The molecule has 1 N–H and O–H groups in total. The van der Waals surface area contributed by atoms with E-state index < -0.39 is 6.04 Å². The van der Waals surface area contributed by atoms with Crippen LogP contribution in [0.4, 0.5) is 0 Å². The number of amides is 2. The maximum Gasteiger partial charge on any atom is 0.261 e. The van der Waals surface area contributed by atoms with E-state index >= 15 is 0 Å². The first-order valence-electron chi connectivity index (χ1n) is 11.6. The van der Waals surface area contributed by atoms with Gasteiger partial charge >= 0.3 is 0 Å². The smallest absolute Gasteiger partial charge is 0.261 e. The fraction of sp³-hybridized carbons (Fsp3) is 0.333. The third-order valence-corrected chi connectivity index (χ3v) is 7.33. The molecular weight excluding hydrogens is 551 g/mol. The Hall–Kier alpha value is -2.28. The fourth-order valence-corrected chi connectivity index (χ4v) is 4.82. The third kappa shape index (κ3) is 6.90. The Morgan fingerprint density at radius 3 is 2.49 bits per heavy atom. The van der Waals surface area contributed by atoms with Crippen LogP contribution in [0.1, 0.15) is 39.2 Å².